The third-order valence-corrected chi connectivity index (χ3v) is 4.32. The van der Waals surface area contributed by atoms with Gasteiger partial charge in [-0.25, -0.2) is 4.39 Å². The topological polar surface area (TPSA) is 36.0 Å². The molecule has 0 fully saturated rings. The molecule has 2 nitrogen and oxygen atoms in total. The van der Waals surface area contributed by atoms with Crippen LogP contribution in [-0.2, 0) is 0 Å². The van der Waals surface area contributed by atoms with Gasteiger partial charge in [0.05, 0.1) is 5.69 Å². The Labute approximate surface area is 119 Å². The van der Waals surface area contributed by atoms with E-state index in [4.69, 9.17) is 0 Å². The molecule has 0 radical (unpaired) electrons. The third-order valence-electron chi connectivity index (χ3n) is 3.38. The Morgan fingerprint density at radius 2 is 1.89 bits per heavy atom. The van der Waals surface area contributed by atoms with Crippen LogP contribution in [0.4, 0.5) is 4.39 Å². The van der Waals surface area contributed by atoms with E-state index in [1.807, 2.05) is 43.4 Å². The Morgan fingerprint density at radius 3 is 2.39 bits per heavy atom. The largest absolute Gasteiger partial charge is 0.382 e. The van der Waals surface area contributed by atoms with Crippen LogP contribution >= 0.6 is 22.6 Å². The molecule has 0 bridgehead atoms. The van der Waals surface area contributed by atoms with E-state index >= 15 is 0 Å². The van der Waals surface area contributed by atoms with Gasteiger partial charge < -0.3 is 10.1 Å². The second-order valence-electron chi connectivity index (χ2n) is 4.48. The van der Waals surface area contributed by atoms with Crippen molar-refractivity contribution in [2.45, 2.75) is 26.9 Å². The van der Waals surface area contributed by atoms with E-state index in [9.17, 15) is 9.50 Å². The van der Waals surface area contributed by atoms with Crippen molar-refractivity contribution in [1.29, 1.82) is 0 Å². The van der Waals surface area contributed by atoms with Crippen LogP contribution in [0.2, 0.25) is 0 Å². The highest BCUT2D eigenvalue weighted by atomic mass is 127. The summed E-state index contributed by atoms with van der Waals surface area (Å²) in [6.45, 7) is 5.98. The summed E-state index contributed by atoms with van der Waals surface area (Å²) >= 11 is 2.04. The summed E-state index contributed by atoms with van der Waals surface area (Å²) < 4.78 is 13.8. The molecule has 96 valence electrons. The van der Waals surface area contributed by atoms with Crippen molar-refractivity contribution in [3.63, 3.8) is 0 Å². The molecule has 2 aromatic rings. The van der Waals surface area contributed by atoms with Gasteiger partial charge in [0, 0.05) is 9.26 Å². The van der Waals surface area contributed by atoms with Crippen LogP contribution in [0.3, 0.4) is 0 Å². The van der Waals surface area contributed by atoms with Gasteiger partial charge in [0.25, 0.3) is 0 Å². The number of aromatic amines is 1. The number of aliphatic hydroxyl groups is 1. The van der Waals surface area contributed by atoms with Crippen molar-refractivity contribution < 1.29 is 9.50 Å². The maximum absolute atomic E-state index is 13.1. The van der Waals surface area contributed by atoms with E-state index in [1.54, 1.807) is 6.07 Å². The Hall–Kier alpha value is -0.880. The SMILES string of the molecule is Cc1[nH]c(C(O)c2ccc(F)cc2I)c(C)c1C. The lowest BCUT2D eigenvalue weighted by Gasteiger charge is -2.13. The number of hydrogen-bond acceptors (Lipinski definition) is 1. The minimum atomic E-state index is -0.745. The molecule has 0 aliphatic carbocycles. The van der Waals surface area contributed by atoms with Gasteiger partial charge in [0.15, 0.2) is 0 Å². The molecule has 0 saturated carbocycles. The first kappa shape index (κ1) is 13.5. The number of hydrogen-bond donors (Lipinski definition) is 2. The fraction of sp³-hybridized carbons (Fsp3) is 0.286. The van der Waals surface area contributed by atoms with Crippen LogP contribution in [0.15, 0.2) is 18.2 Å². The van der Waals surface area contributed by atoms with E-state index in [1.165, 1.54) is 12.1 Å². The van der Waals surface area contributed by atoms with Crippen molar-refractivity contribution in [2.75, 3.05) is 0 Å². The van der Waals surface area contributed by atoms with Crippen LogP contribution < -0.4 is 0 Å². The summed E-state index contributed by atoms with van der Waals surface area (Å²) in [5.41, 5.74) is 4.77. The molecule has 4 heteroatoms. The lowest BCUT2D eigenvalue weighted by atomic mass is 10.0. The first-order chi connectivity index (χ1) is 8.41. The van der Waals surface area contributed by atoms with E-state index in [-0.39, 0.29) is 5.82 Å². The second kappa shape index (κ2) is 5.01. The number of aliphatic hydroxyl groups excluding tert-OH is 1. The molecule has 2 N–H and O–H groups in total. The maximum atomic E-state index is 13.1. The Balaban J connectivity index is 2.47. The van der Waals surface area contributed by atoms with Crippen molar-refractivity contribution >= 4 is 22.6 Å². The number of halogens is 2. The fourth-order valence-corrected chi connectivity index (χ4v) is 2.80. The van der Waals surface area contributed by atoms with Crippen LogP contribution in [0.5, 0.6) is 0 Å². The standard InChI is InChI=1S/C14H15FINO/c1-7-8(2)13(17-9(7)3)14(18)11-5-4-10(15)6-12(11)16/h4-6,14,17-18H,1-3H3. The quantitative estimate of drug-likeness (QED) is 0.787. The lowest BCUT2D eigenvalue weighted by molar-refractivity contribution is 0.214. The zero-order chi connectivity index (χ0) is 13.4. The lowest BCUT2D eigenvalue weighted by Crippen LogP contribution is -2.04. The molecule has 0 spiro atoms. The molecular weight excluding hydrogens is 344 g/mol. The second-order valence-corrected chi connectivity index (χ2v) is 5.64. The molecule has 0 amide bonds. The molecule has 0 saturated heterocycles. The summed E-state index contributed by atoms with van der Waals surface area (Å²) in [6, 6.07) is 4.43. The minimum absolute atomic E-state index is 0.286. The molecule has 1 atom stereocenters. The third kappa shape index (κ3) is 2.31. The first-order valence-electron chi connectivity index (χ1n) is 5.70. The monoisotopic (exact) mass is 359 g/mol. The van der Waals surface area contributed by atoms with Crippen LogP contribution in [0.25, 0.3) is 0 Å². The molecular formula is C14H15FINO. The van der Waals surface area contributed by atoms with Gasteiger partial charge >= 0.3 is 0 Å². The zero-order valence-corrected chi connectivity index (χ0v) is 12.7. The Kier molecular flexibility index (Phi) is 3.77. The van der Waals surface area contributed by atoms with Crippen LogP contribution in [-0.4, -0.2) is 10.1 Å². The van der Waals surface area contributed by atoms with Crippen molar-refractivity contribution in [3.05, 3.63) is 55.7 Å². The van der Waals surface area contributed by atoms with Gasteiger partial charge in [-0.3, -0.25) is 0 Å². The summed E-state index contributed by atoms with van der Waals surface area (Å²) in [5, 5.41) is 10.4. The Bertz CT molecular complexity index is 592. The molecule has 0 aliphatic rings. The number of rotatable bonds is 2. The van der Waals surface area contributed by atoms with Gasteiger partial charge in [-0.05, 0) is 72.2 Å². The van der Waals surface area contributed by atoms with Crippen LogP contribution in [0.1, 0.15) is 34.2 Å². The van der Waals surface area contributed by atoms with Gasteiger partial charge in [-0.1, -0.05) is 6.07 Å². The molecule has 2 rings (SSSR count). The molecule has 1 unspecified atom stereocenters. The highest BCUT2D eigenvalue weighted by Crippen LogP contribution is 2.30. The van der Waals surface area contributed by atoms with Gasteiger partial charge in [-0.15, -0.1) is 0 Å². The molecule has 1 heterocycles. The minimum Gasteiger partial charge on any atom is -0.382 e. The van der Waals surface area contributed by atoms with Crippen molar-refractivity contribution in [3.8, 4) is 0 Å². The fourth-order valence-electron chi connectivity index (χ4n) is 2.02. The predicted molar refractivity (Wildman–Crippen MR) is 78.2 cm³/mol. The molecule has 0 aliphatic heterocycles. The van der Waals surface area contributed by atoms with Crippen molar-refractivity contribution in [2.24, 2.45) is 0 Å². The van der Waals surface area contributed by atoms with E-state index in [0.717, 1.165) is 31.6 Å². The van der Waals surface area contributed by atoms with Gasteiger partial charge in [0.1, 0.15) is 11.9 Å². The smallest absolute Gasteiger partial charge is 0.124 e. The number of aromatic nitrogens is 1. The van der Waals surface area contributed by atoms with Gasteiger partial charge in [0.2, 0.25) is 0 Å². The highest BCUT2D eigenvalue weighted by molar-refractivity contribution is 14.1. The number of benzene rings is 1. The average Bonchev–Trinajstić information content (AvgIpc) is 2.56. The van der Waals surface area contributed by atoms with E-state index in [0.29, 0.717) is 0 Å². The number of nitrogens with one attached hydrogen (secondary N) is 1. The predicted octanol–water partition coefficient (Wildman–Crippen LogP) is 3.77. The first-order valence-corrected chi connectivity index (χ1v) is 6.78. The highest BCUT2D eigenvalue weighted by Gasteiger charge is 2.19. The number of aryl methyl sites for hydroxylation is 1. The van der Waals surface area contributed by atoms with E-state index < -0.39 is 6.10 Å². The summed E-state index contributed by atoms with van der Waals surface area (Å²) in [7, 11) is 0. The zero-order valence-electron chi connectivity index (χ0n) is 10.5. The normalized spacial score (nSPS) is 12.8. The summed E-state index contributed by atoms with van der Waals surface area (Å²) in [4.78, 5) is 3.21. The molecule has 1 aromatic heterocycles. The summed E-state index contributed by atoms with van der Waals surface area (Å²) in [5.74, 6) is -0.286. The van der Waals surface area contributed by atoms with Gasteiger partial charge in [-0.2, -0.15) is 0 Å². The molecule has 1 aromatic carbocycles. The maximum Gasteiger partial charge on any atom is 0.124 e. The average molecular weight is 359 g/mol. The van der Waals surface area contributed by atoms with Crippen molar-refractivity contribution in [1.82, 2.24) is 4.98 Å². The molecule has 18 heavy (non-hydrogen) atoms. The van der Waals surface area contributed by atoms with Crippen LogP contribution in [0, 0.1) is 30.2 Å². The van der Waals surface area contributed by atoms with E-state index in [2.05, 4.69) is 4.98 Å². The number of H-pyrrole nitrogens is 1. The summed E-state index contributed by atoms with van der Waals surface area (Å²) in [6.07, 6.45) is -0.745. The Morgan fingerprint density at radius 1 is 1.22 bits per heavy atom.